The Balaban J connectivity index is 1.46. The number of ether oxygens (including phenoxy) is 3. The number of oxazole rings is 1. The lowest BCUT2D eigenvalue weighted by atomic mass is 10.1. The van der Waals surface area contributed by atoms with Crippen LogP contribution >= 0.6 is 0 Å². The third-order valence-corrected chi connectivity index (χ3v) is 4.83. The Morgan fingerprint density at radius 1 is 1.06 bits per heavy atom. The van der Waals surface area contributed by atoms with Crippen LogP contribution in [0.1, 0.15) is 27.5 Å². The van der Waals surface area contributed by atoms with E-state index in [4.69, 9.17) is 18.6 Å². The molecule has 162 valence electrons. The monoisotopic (exact) mass is 423 g/mol. The van der Waals surface area contributed by atoms with Crippen molar-refractivity contribution in [3.8, 4) is 11.5 Å². The molecule has 0 aliphatic carbocycles. The molecule has 3 aromatic rings. The molecule has 2 heterocycles. The normalized spacial score (nSPS) is 12.3. The molecule has 8 nitrogen and oxygen atoms in total. The van der Waals surface area contributed by atoms with Gasteiger partial charge in [0.15, 0.2) is 17.2 Å². The molecular weight excluding hydrogens is 398 g/mol. The van der Waals surface area contributed by atoms with Crippen LogP contribution in [0.4, 0.5) is 0 Å². The maximum absolute atomic E-state index is 12.2. The molecule has 0 saturated carbocycles. The Hall–Kier alpha value is -3.36. The van der Waals surface area contributed by atoms with Crippen LogP contribution in [0.15, 0.2) is 59.2 Å². The second-order valence-corrected chi connectivity index (χ2v) is 7.19. The third kappa shape index (κ3) is 5.62. The smallest absolute Gasteiger partial charge is 0.273 e. The number of hydrogen-bond donors (Lipinski definition) is 1. The van der Waals surface area contributed by atoms with Gasteiger partial charge in [-0.1, -0.05) is 36.4 Å². The van der Waals surface area contributed by atoms with Gasteiger partial charge < -0.3 is 23.9 Å². The van der Waals surface area contributed by atoms with E-state index in [9.17, 15) is 4.79 Å². The minimum atomic E-state index is -0.280. The highest BCUT2D eigenvalue weighted by molar-refractivity contribution is 5.91. The summed E-state index contributed by atoms with van der Waals surface area (Å²) in [5.41, 5.74) is 2.52. The molecule has 0 bridgehead atoms. The van der Waals surface area contributed by atoms with Gasteiger partial charge in [-0.2, -0.15) is 0 Å². The highest BCUT2D eigenvalue weighted by Gasteiger charge is 2.18. The molecule has 1 aliphatic heterocycles. The van der Waals surface area contributed by atoms with Crippen LogP contribution in [0.25, 0.3) is 0 Å². The van der Waals surface area contributed by atoms with Crippen LogP contribution in [-0.2, 0) is 24.4 Å². The van der Waals surface area contributed by atoms with Gasteiger partial charge in [-0.25, -0.2) is 4.98 Å². The van der Waals surface area contributed by atoms with Crippen LogP contribution in [0.2, 0.25) is 0 Å². The predicted octanol–water partition coefficient (Wildman–Crippen LogP) is 2.98. The van der Waals surface area contributed by atoms with E-state index in [1.807, 2.05) is 36.4 Å². The van der Waals surface area contributed by atoms with E-state index in [1.54, 1.807) is 7.11 Å². The van der Waals surface area contributed by atoms with Crippen LogP contribution in [0.3, 0.4) is 0 Å². The van der Waals surface area contributed by atoms with Crippen molar-refractivity contribution in [2.45, 2.75) is 19.6 Å². The molecule has 0 radical (unpaired) electrons. The highest BCUT2D eigenvalue weighted by atomic mass is 16.7. The fraction of sp³-hybridized carbons (Fsp3) is 0.304. The standard InChI is InChI=1S/C23H25N3O5/c1-28-10-9-24-23(27)19-15-29-22(25-19)14-26(12-17-5-3-2-4-6-17)13-18-7-8-20-21(11-18)31-16-30-20/h2-8,11,15H,9-10,12-14,16H2,1H3,(H,24,27). The molecule has 0 unspecified atom stereocenters. The number of hydrogen-bond acceptors (Lipinski definition) is 7. The Bertz CT molecular complexity index is 1010. The zero-order valence-electron chi connectivity index (χ0n) is 17.4. The van der Waals surface area contributed by atoms with Crippen molar-refractivity contribution in [2.24, 2.45) is 0 Å². The maximum atomic E-state index is 12.2. The molecule has 0 atom stereocenters. The first kappa shape index (κ1) is 20.9. The van der Waals surface area contributed by atoms with E-state index < -0.39 is 0 Å². The van der Waals surface area contributed by atoms with E-state index in [-0.39, 0.29) is 18.4 Å². The molecule has 1 aromatic heterocycles. The van der Waals surface area contributed by atoms with Gasteiger partial charge in [0, 0.05) is 26.7 Å². The van der Waals surface area contributed by atoms with Crippen molar-refractivity contribution in [1.82, 2.24) is 15.2 Å². The average Bonchev–Trinajstić information content (AvgIpc) is 3.44. The first-order valence-corrected chi connectivity index (χ1v) is 10.1. The number of carbonyl (C=O) groups excluding carboxylic acids is 1. The summed E-state index contributed by atoms with van der Waals surface area (Å²) >= 11 is 0. The number of fused-ring (bicyclic) bond motifs is 1. The van der Waals surface area contributed by atoms with E-state index in [0.717, 1.165) is 17.1 Å². The van der Waals surface area contributed by atoms with Crippen LogP contribution in [-0.4, -0.2) is 42.8 Å². The summed E-state index contributed by atoms with van der Waals surface area (Å²) in [5.74, 6) is 1.71. The number of nitrogens with one attached hydrogen (secondary N) is 1. The van der Waals surface area contributed by atoms with Gasteiger partial charge >= 0.3 is 0 Å². The van der Waals surface area contributed by atoms with Gasteiger partial charge in [-0.15, -0.1) is 0 Å². The second kappa shape index (κ2) is 10.1. The SMILES string of the molecule is COCCNC(=O)c1coc(CN(Cc2ccccc2)Cc2ccc3c(c2)OCO3)n1. The molecule has 1 aliphatic rings. The third-order valence-electron chi connectivity index (χ3n) is 4.83. The molecule has 8 heteroatoms. The summed E-state index contributed by atoms with van der Waals surface area (Å²) in [5, 5.41) is 2.74. The Morgan fingerprint density at radius 2 is 1.87 bits per heavy atom. The first-order chi connectivity index (χ1) is 15.2. The number of amides is 1. The first-order valence-electron chi connectivity index (χ1n) is 10.1. The average molecular weight is 423 g/mol. The van der Waals surface area contributed by atoms with Crippen molar-refractivity contribution in [3.05, 3.63) is 77.5 Å². The summed E-state index contributed by atoms with van der Waals surface area (Å²) in [6, 6.07) is 16.1. The quantitative estimate of drug-likeness (QED) is 0.502. The molecule has 1 N–H and O–H groups in total. The summed E-state index contributed by atoms with van der Waals surface area (Å²) < 4.78 is 21.4. The molecule has 0 spiro atoms. The number of rotatable bonds is 10. The van der Waals surface area contributed by atoms with Crippen molar-refractivity contribution < 1.29 is 23.4 Å². The lowest BCUT2D eigenvalue weighted by molar-refractivity contribution is 0.0932. The highest BCUT2D eigenvalue weighted by Crippen LogP contribution is 2.33. The van der Waals surface area contributed by atoms with Gasteiger partial charge in [0.2, 0.25) is 12.7 Å². The van der Waals surface area contributed by atoms with E-state index in [2.05, 4.69) is 27.3 Å². The van der Waals surface area contributed by atoms with Crippen LogP contribution in [0, 0.1) is 0 Å². The Labute approximate surface area is 180 Å². The summed E-state index contributed by atoms with van der Waals surface area (Å²) in [6.45, 7) is 2.92. The fourth-order valence-corrected chi connectivity index (χ4v) is 3.34. The topological polar surface area (TPSA) is 86.1 Å². The van der Waals surface area contributed by atoms with Crippen LogP contribution in [0.5, 0.6) is 11.5 Å². The van der Waals surface area contributed by atoms with E-state index in [0.29, 0.717) is 38.7 Å². The van der Waals surface area contributed by atoms with Crippen LogP contribution < -0.4 is 14.8 Å². The molecule has 2 aromatic carbocycles. The molecule has 0 fully saturated rings. The number of benzene rings is 2. The molecule has 0 saturated heterocycles. The van der Waals surface area contributed by atoms with E-state index >= 15 is 0 Å². The Morgan fingerprint density at radius 3 is 2.71 bits per heavy atom. The van der Waals surface area contributed by atoms with Crippen molar-refractivity contribution >= 4 is 5.91 Å². The fourth-order valence-electron chi connectivity index (χ4n) is 3.34. The van der Waals surface area contributed by atoms with Gasteiger partial charge in [-0.3, -0.25) is 9.69 Å². The van der Waals surface area contributed by atoms with Gasteiger partial charge in [-0.05, 0) is 23.3 Å². The van der Waals surface area contributed by atoms with Gasteiger partial charge in [0.25, 0.3) is 5.91 Å². The van der Waals surface area contributed by atoms with Gasteiger partial charge in [0.05, 0.1) is 13.2 Å². The van der Waals surface area contributed by atoms with Crippen molar-refractivity contribution in [1.29, 1.82) is 0 Å². The lowest BCUT2D eigenvalue weighted by Gasteiger charge is -2.21. The van der Waals surface area contributed by atoms with E-state index in [1.165, 1.54) is 11.8 Å². The zero-order valence-corrected chi connectivity index (χ0v) is 17.4. The molecular formula is C23H25N3O5. The van der Waals surface area contributed by atoms with Crippen molar-refractivity contribution in [2.75, 3.05) is 27.1 Å². The minimum absolute atomic E-state index is 0.248. The largest absolute Gasteiger partial charge is 0.454 e. The number of nitrogens with zero attached hydrogens (tertiary/aromatic N) is 2. The zero-order chi connectivity index (χ0) is 21.5. The molecule has 1 amide bonds. The number of methoxy groups -OCH3 is 1. The Kier molecular flexibility index (Phi) is 6.81. The molecule has 31 heavy (non-hydrogen) atoms. The van der Waals surface area contributed by atoms with Crippen molar-refractivity contribution in [3.63, 3.8) is 0 Å². The number of aromatic nitrogens is 1. The second-order valence-electron chi connectivity index (χ2n) is 7.19. The maximum Gasteiger partial charge on any atom is 0.273 e. The molecule has 4 rings (SSSR count). The summed E-state index contributed by atoms with van der Waals surface area (Å²) in [6.07, 6.45) is 1.39. The summed E-state index contributed by atoms with van der Waals surface area (Å²) in [7, 11) is 1.59. The number of carbonyl (C=O) groups is 1. The van der Waals surface area contributed by atoms with Gasteiger partial charge in [0.1, 0.15) is 6.26 Å². The predicted molar refractivity (Wildman–Crippen MR) is 113 cm³/mol. The minimum Gasteiger partial charge on any atom is -0.454 e. The summed E-state index contributed by atoms with van der Waals surface area (Å²) in [4.78, 5) is 18.7. The lowest BCUT2D eigenvalue weighted by Crippen LogP contribution is -2.27.